The van der Waals surface area contributed by atoms with E-state index < -0.39 is 0 Å². The quantitative estimate of drug-likeness (QED) is 0.476. The Hall–Kier alpha value is -4.40. The Bertz CT molecular complexity index is 1510. The van der Waals surface area contributed by atoms with Crippen LogP contribution in [0.2, 0.25) is 0 Å². The molecule has 6 rings (SSSR count). The first-order valence-corrected chi connectivity index (χ1v) is 9.35. The molecule has 0 aliphatic carbocycles. The smallest absolute Gasteiger partial charge is 0.155 e. The van der Waals surface area contributed by atoms with Gasteiger partial charge in [-0.05, 0) is 25.1 Å². The number of pyridine rings is 2. The molecule has 0 unspecified atom stereocenters. The second-order valence-electron chi connectivity index (χ2n) is 7.02. The van der Waals surface area contributed by atoms with Crippen LogP contribution in [0.15, 0.2) is 61.8 Å². The molecule has 0 aromatic carbocycles. The third kappa shape index (κ3) is 2.56. The highest BCUT2D eigenvalue weighted by molar-refractivity contribution is 5.97. The molecule has 0 saturated heterocycles. The maximum atomic E-state index is 4.55. The molecule has 0 amide bonds. The van der Waals surface area contributed by atoms with Gasteiger partial charge in [-0.15, -0.1) is 0 Å². The standard InChI is InChI=1S/C21H15N9/c1-12-9-30(11-26-12)21-15-5-18(27-17(15)2-3-24-21)19-16-4-13(8-25-20(16)29-28-19)14-6-22-10-23-7-14/h2-11,27H,1H3,(H,25,28,29). The molecule has 6 heterocycles. The van der Waals surface area contributed by atoms with Crippen LogP contribution in [0, 0.1) is 6.92 Å². The molecule has 0 bridgehead atoms. The van der Waals surface area contributed by atoms with Crippen molar-refractivity contribution in [3.63, 3.8) is 0 Å². The molecule has 0 aliphatic heterocycles. The molecular formula is C21H15N9. The molecule has 9 heteroatoms. The van der Waals surface area contributed by atoms with E-state index in [1.807, 2.05) is 29.8 Å². The van der Waals surface area contributed by atoms with Crippen LogP contribution in [-0.2, 0) is 0 Å². The molecule has 9 nitrogen and oxygen atoms in total. The van der Waals surface area contributed by atoms with E-state index in [4.69, 9.17) is 0 Å². The summed E-state index contributed by atoms with van der Waals surface area (Å²) in [6.07, 6.45) is 12.3. The van der Waals surface area contributed by atoms with Crippen LogP contribution in [0.1, 0.15) is 5.69 Å². The molecule has 6 aromatic heterocycles. The average Bonchev–Trinajstić information content (AvgIpc) is 3.51. The van der Waals surface area contributed by atoms with Gasteiger partial charge in [-0.25, -0.2) is 24.9 Å². The molecular weight excluding hydrogens is 378 g/mol. The van der Waals surface area contributed by atoms with Crippen molar-refractivity contribution in [1.82, 2.24) is 44.7 Å². The lowest BCUT2D eigenvalue weighted by Gasteiger charge is -2.01. The van der Waals surface area contributed by atoms with Crippen LogP contribution in [0.5, 0.6) is 0 Å². The second-order valence-corrected chi connectivity index (χ2v) is 7.02. The van der Waals surface area contributed by atoms with Gasteiger partial charge < -0.3 is 4.98 Å². The zero-order valence-electron chi connectivity index (χ0n) is 15.9. The highest BCUT2D eigenvalue weighted by atomic mass is 15.2. The number of fused-ring (bicyclic) bond motifs is 2. The molecule has 2 N–H and O–H groups in total. The number of aryl methyl sites for hydroxylation is 1. The molecule has 0 spiro atoms. The minimum atomic E-state index is 0.716. The lowest BCUT2D eigenvalue weighted by molar-refractivity contribution is 1.01. The Balaban J connectivity index is 1.52. The number of aromatic nitrogens is 9. The fraction of sp³-hybridized carbons (Fsp3) is 0.0476. The van der Waals surface area contributed by atoms with Crippen molar-refractivity contribution in [3.8, 4) is 28.3 Å². The first kappa shape index (κ1) is 16.5. The third-order valence-corrected chi connectivity index (χ3v) is 5.05. The van der Waals surface area contributed by atoms with Gasteiger partial charge >= 0.3 is 0 Å². The maximum Gasteiger partial charge on any atom is 0.155 e. The van der Waals surface area contributed by atoms with Crippen LogP contribution in [-0.4, -0.2) is 44.7 Å². The highest BCUT2D eigenvalue weighted by Gasteiger charge is 2.15. The van der Waals surface area contributed by atoms with Crippen LogP contribution in [0.25, 0.3) is 50.3 Å². The van der Waals surface area contributed by atoms with Crippen molar-refractivity contribution < 1.29 is 0 Å². The molecule has 0 radical (unpaired) electrons. The predicted molar refractivity (Wildman–Crippen MR) is 112 cm³/mol. The van der Waals surface area contributed by atoms with E-state index in [0.717, 1.165) is 50.3 Å². The van der Waals surface area contributed by atoms with Crippen LogP contribution < -0.4 is 0 Å². The summed E-state index contributed by atoms with van der Waals surface area (Å²) in [5.41, 5.74) is 6.12. The number of aromatic amines is 2. The number of H-pyrrole nitrogens is 2. The number of nitrogens with zero attached hydrogens (tertiary/aromatic N) is 7. The van der Waals surface area contributed by atoms with Crippen LogP contribution in [0.3, 0.4) is 0 Å². The Labute approximate surface area is 169 Å². The topological polar surface area (TPSA) is 114 Å². The number of hydrogen-bond acceptors (Lipinski definition) is 6. The van der Waals surface area contributed by atoms with Crippen molar-refractivity contribution in [2.45, 2.75) is 6.92 Å². The van der Waals surface area contributed by atoms with E-state index >= 15 is 0 Å². The van der Waals surface area contributed by atoms with Gasteiger partial charge in [0.15, 0.2) is 5.65 Å². The summed E-state index contributed by atoms with van der Waals surface area (Å²) in [4.78, 5) is 25.0. The van der Waals surface area contributed by atoms with E-state index in [0.29, 0.717) is 5.65 Å². The summed E-state index contributed by atoms with van der Waals surface area (Å²) in [6, 6.07) is 6.05. The highest BCUT2D eigenvalue weighted by Crippen LogP contribution is 2.31. The van der Waals surface area contributed by atoms with Crippen molar-refractivity contribution in [1.29, 1.82) is 0 Å². The predicted octanol–water partition coefficient (Wildman–Crippen LogP) is 3.45. The summed E-state index contributed by atoms with van der Waals surface area (Å²) in [5, 5.41) is 9.43. The lowest BCUT2D eigenvalue weighted by atomic mass is 10.1. The second kappa shape index (κ2) is 6.31. The first-order chi connectivity index (χ1) is 14.8. The van der Waals surface area contributed by atoms with Crippen molar-refractivity contribution in [2.24, 2.45) is 0 Å². The zero-order valence-corrected chi connectivity index (χ0v) is 15.9. The number of rotatable bonds is 3. The summed E-state index contributed by atoms with van der Waals surface area (Å²) in [6.45, 7) is 1.96. The SMILES string of the molecule is Cc1cn(-c2nccc3[nH]c(-c4n[nH]c5ncc(-c6cncnc6)cc45)cc23)cn1. The van der Waals surface area contributed by atoms with Crippen molar-refractivity contribution >= 4 is 21.9 Å². The van der Waals surface area contributed by atoms with E-state index in [1.165, 1.54) is 6.33 Å². The van der Waals surface area contributed by atoms with Crippen LogP contribution in [0.4, 0.5) is 0 Å². The summed E-state index contributed by atoms with van der Waals surface area (Å²) in [5.74, 6) is 0.815. The van der Waals surface area contributed by atoms with Gasteiger partial charge in [0.25, 0.3) is 0 Å². The van der Waals surface area contributed by atoms with Crippen LogP contribution >= 0.6 is 0 Å². The third-order valence-electron chi connectivity index (χ3n) is 5.05. The van der Waals surface area contributed by atoms with Gasteiger partial charge in [-0.3, -0.25) is 9.67 Å². The first-order valence-electron chi connectivity index (χ1n) is 9.35. The van der Waals surface area contributed by atoms with E-state index in [1.54, 1.807) is 31.1 Å². The Morgan fingerprint density at radius 2 is 1.83 bits per heavy atom. The minimum Gasteiger partial charge on any atom is -0.353 e. The number of nitrogens with one attached hydrogen (secondary N) is 2. The summed E-state index contributed by atoms with van der Waals surface area (Å²) < 4.78 is 1.92. The average molecular weight is 393 g/mol. The maximum absolute atomic E-state index is 4.55. The number of imidazole rings is 1. The fourth-order valence-electron chi connectivity index (χ4n) is 3.62. The minimum absolute atomic E-state index is 0.716. The van der Waals surface area contributed by atoms with Gasteiger partial charge in [0.2, 0.25) is 0 Å². The number of hydrogen-bond donors (Lipinski definition) is 2. The Morgan fingerprint density at radius 3 is 2.67 bits per heavy atom. The lowest BCUT2D eigenvalue weighted by Crippen LogP contribution is -1.94. The van der Waals surface area contributed by atoms with E-state index in [2.05, 4.69) is 46.2 Å². The molecule has 144 valence electrons. The molecule has 0 atom stereocenters. The molecule has 0 fully saturated rings. The molecule has 0 aliphatic rings. The van der Waals surface area contributed by atoms with E-state index in [-0.39, 0.29) is 0 Å². The monoisotopic (exact) mass is 393 g/mol. The van der Waals surface area contributed by atoms with E-state index in [9.17, 15) is 0 Å². The van der Waals surface area contributed by atoms with Gasteiger partial charge in [0.1, 0.15) is 24.2 Å². The largest absolute Gasteiger partial charge is 0.353 e. The molecule has 6 aromatic rings. The summed E-state index contributed by atoms with van der Waals surface area (Å²) >= 11 is 0. The van der Waals surface area contributed by atoms with Gasteiger partial charge in [0.05, 0.1) is 16.9 Å². The van der Waals surface area contributed by atoms with Gasteiger partial charge in [-0.2, -0.15) is 5.10 Å². The Morgan fingerprint density at radius 1 is 0.933 bits per heavy atom. The fourth-order valence-corrected chi connectivity index (χ4v) is 3.62. The normalized spacial score (nSPS) is 11.5. The van der Waals surface area contributed by atoms with Gasteiger partial charge in [0, 0.05) is 52.9 Å². The summed E-state index contributed by atoms with van der Waals surface area (Å²) in [7, 11) is 0. The van der Waals surface area contributed by atoms with Gasteiger partial charge in [-0.1, -0.05) is 0 Å². The molecule has 0 saturated carbocycles. The zero-order chi connectivity index (χ0) is 20.1. The molecule has 30 heavy (non-hydrogen) atoms. The van der Waals surface area contributed by atoms with Crippen molar-refractivity contribution in [2.75, 3.05) is 0 Å². The Kier molecular flexibility index (Phi) is 3.48. The van der Waals surface area contributed by atoms with Crippen molar-refractivity contribution in [3.05, 3.63) is 67.5 Å².